The number of benzene rings is 1. The van der Waals surface area contributed by atoms with Crippen molar-refractivity contribution < 1.29 is 9.50 Å². The van der Waals surface area contributed by atoms with Crippen LogP contribution in [0.25, 0.3) is 0 Å². The highest BCUT2D eigenvalue weighted by Gasteiger charge is 2.18. The molecule has 0 saturated carbocycles. The van der Waals surface area contributed by atoms with E-state index >= 15 is 0 Å². The van der Waals surface area contributed by atoms with Crippen molar-refractivity contribution in [3.8, 4) is 0 Å². The number of nitrogens with one attached hydrogen (secondary N) is 1. The average Bonchev–Trinajstić information content (AvgIpc) is 2.32. The molecule has 0 spiro atoms. The third-order valence-electron chi connectivity index (χ3n) is 1.89. The van der Waals surface area contributed by atoms with Gasteiger partial charge in [0.15, 0.2) is 0 Å². The molecular formula is C8H8FNO. The van der Waals surface area contributed by atoms with E-state index in [1.54, 1.807) is 6.07 Å². The Hall–Kier alpha value is -0.930. The summed E-state index contributed by atoms with van der Waals surface area (Å²) in [4.78, 5) is 0. The van der Waals surface area contributed by atoms with Gasteiger partial charge in [-0.1, -0.05) is 6.07 Å². The lowest BCUT2D eigenvalue weighted by molar-refractivity contribution is 0.151. The Labute approximate surface area is 63.7 Å². The second-order valence-corrected chi connectivity index (χ2v) is 2.63. The molecule has 2 rings (SSSR count). The molecule has 0 radical (unpaired) electrons. The minimum atomic E-state index is -0.620. The van der Waals surface area contributed by atoms with Crippen molar-refractivity contribution in [3.63, 3.8) is 0 Å². The standard InChI is InChI=1S/C8H8FNO/c9-6-1-2-7-5(3-6)4-10-8(7)11/h1-3,8,10-11H,4H2. The molecule has 0 fully saturated rings. The van der Waals surface area contributed by atoms with Crippen molar-refractivity contribution >= 4 is 0 Å². The molecule has 1 aliphatic heterocycles. The van der Waals surface area contributed by atoms with Gasteiger partial charge in [-0.3, -0.25) is 5.32 Å². The molecule has 58 valence electrons. The summed E-state index contributed by atoms with van der Waals surface area (Å²) in [6, 6.07) is 4.41. The Morgan fingerprint density at radius 3 is 3.18 bits per heavy atom. The molecule has 0 aromatic heterocycles. The van der Waals surface area contributed by atoms with Crippen LogP contribution in [0, 0.1) is 5.82 Å². The van der Waals surface area contributed by atoms with Crippen molar-refractivity contribution in [2.45, 2.75) is 12.8 Å². The molecule has 1 aromatic rings. The Kier molecular flexibility index (Phi) is 1.41. The van der Waals surface area contributed by atoms with E-state index in [-0.39, 0.29) is 5.82 Å². The van der Waals surface area contributed by atoms with Gasteiger partial charge >= 0.3 is 0 Å². The van der Waals surface area contributed by atoms with Gasteiger partial charge in [0.25, 0.3) is 0 Å². The first kappa shape index (κ1) is 6.76. The Bertz CT molecular complexity index is 287. The second kappa shape index (κ2) is 2.29. The molecule has 0 saturated heterocycles. The monoisotopic (exact) mass is 153 g/mol. The summed E-state index contributed by atoms with van der Waals surface area (Å²) in [5.74, 6) is -0.250. The maximum atomic E-state index is 12.6. The number of hydrogen-bond acceptors (Lipinski definition) is 2. The molecule has 0 bridgehead atoms. The van der Waals surface area contributed by atoms with E-state index in [9.17, 15) is 9.50 Å². The second-order valence-electron chi connectivity index (χ2n) is 2.63. The molecule has 0 amide bonds. The summed E-state index contributed by atoms with van der Waals surface area (Å²) < 4.78 is 12.6. The highest BCUT2D eigenvalue weighted by Crippen LogP contribution is 2.23. The normalized spacial score (nSPS) is 21.8. The molecule has 2 N–H and O–H groups in total. The largest absolute Gasteiger partial charge is 0.374 e. The van der Waals surface area contributed by atoms with Gasteiger partial charge in [-0.15, -0.1) is 0 Å². The van der Waals surface area contributed by atoms with Crippen LogP contribution in [0.2, 0.25) is 0 Å². The summed E-state index contributed by atoms with van der Waals surface area (Å²) in [6.45, 7) is 0.550. The molecule has 0 aliphatic carbocycles. The van der Waals surface area contributed by atoms with Crippen LogP contribution in [-0.2, 0) is 6.54 Å². The number of hydrogen-bond donors (Lipinski definition) is 2. The third kappa shape index (κ3) is 1.02. The first-order chi connectivity index (χ1) is 5.27. The van der Waals surface area contributed by atoms with Crippen LogP contribution in [0.3, 0.4) is 0 Å². The Balaban J connectivity index is 2.50. The minimum Gasteiger partial charge on any atom is -0.374 e. The van der Waals surface area contributed by atoms with Crippen LogP contribution in [0.4, 0.5) is 4.39 Å². The molecule has 1 heterocycles. The number of rotatable bonds is 0. The lowest BCUT2D eigenvalue weighted by Crippen LogP contribution is -2.09. The molecule has 1 unspecified atom stereocenters. The van der Waals surface area contributed by atoms with Crippen LogP contribution < -0.4 is 5.32 Å². The van der Waals surface area contributed by atoms with E-state index in [0.29, 0.717) is 6.54 Å². The lowest BCUT2D eigenvalue weighted by atomic mass is 10.1. The van der Waals surface area contributed by atoms with Crippen molar-refractivity contribution in [1.82, 2.24) is 5.32 Å². The zero-order valence-electron chi connectivity index (χ0n) is 5.84. The zero-order chi connectivity index (χ0) is 7.84. The van der Waals surface area contributed by atoms with Crippen molar-refractivity contribution in [3.05, 3.63) is 35.1 Å². The maximum Gasteiger partial charge on any atom is 0.131 e. The van der Waals surface area contributed by atoms with Crippen molar-refractivity contribution in [2.24, 2.45) is 0 Å². The lowest BCUT2D eigenvalue weighted by Gasteiger charge is -2.01. The zero-order valence-corrected chi connectivity index (χ0v) is 5.84. The number of fused-ring (bicyclic) bond motifs is 1. The smallest absolute Gasteiger partial charge is 0.131 e. The molecule has 11 heavy (non-hydrogen) atoms. The highest BCUT2D eigenvalue weighted by atomic mass is 19.1. The minimum absolute atomic E-state index is 0.250. The molecule has 1 aliphatic rings. The van der Waals surface area contributed by atoms with E-state index in [1.807, 2.05) is 0 Å². The predicted octanol–water partition coefficient (Wildman–Crippen LogP) is 0.920. The number of aliphatic hydroxyl groups is 1. The summed E-state index contributed by atoms with van der Waals surface area (Å²) >= 11 is 0. The van der Waals surface area contributed by atoms with Gasteiger partial charge in [0.2, 0.25) is 0 Å². The predicted molar refractivity (Wildman–Crippen MR) is 38.2 cm³/mol. The summed E-state index contributed by atoms with van der Waals surface area (Å²) in [5, 5.41) is 12.0. The number of halogens is 1. The Morgan fingerprint density at radius 1 is 1.55 bits per heavy atom. The number of aliphatic hydroxyl groups excluding tert-OH is 1. The quantitative estimate of drug-likeness (QED) is 0.581. The van der Waals surface area contributed by atoms with E-state index in [0.717, 1.165) is 11.1 Å². The molecular weight excluding hydrogens is 145 g/mol. The van der Waals surface area contributed by atoms with Crippen LogP contribution in [0.1, 0.15) is 17.4 Å². The van der Waals surface area contributed by atoms with Gasteiger partial charge in [0, 0.05) is 6.54 Å². The average molecular weight is 153 g/mol. The molecule has 1 atom stereocenters. The van der Waals surface area contributed by atoms with Gasteiger partial charge in [0.1, 0.15) is 12.0 Å². The maximum absolute atomic E-state index is 12.6. The topological polar surface area (TPSA) is 32.3 Å². The van der Waals surface area contributed by atoms with E-state index < -0.39 is 6.23 Å². The van der Waals surface area contributed by atoms with E-state index in [2.05, 4.69) is 5.32 Å². The molecule has 1 aromatic carbocycles. The van der Waals surface area contributed by atoms with Gasteiger partial charge < -0.3 is 5.11 Å². The fraction of sp³-hybridized carbons (Fsp3) is 0.250. The van der Waals surface area contributed by atoms with Crippen LogP contribution in [-0.4, -0.2) is 5.11 Å². The van der Waals surface area contributed by atoms with Crippen LogP contribution in [0.5, 0.6) is 0 Å². The van der Waals surface area contributed by atoms with Gasteiger partial charge in [-0.25, -0.2) is 4.39 Å². The molecule has 2 nitrogen and oxygen atoms in total. The van der Waals surface area contributed by atoms with E-state index in [1.165, 1.54) is 12.1 Å². The summed E-state index contributed by atoms with van der Waals surface area (Å²) in [5.41, 5.74) is 1.63. The van der Waals surface area contributed by atoms with Gasteiger partial charge in [-0.2, -0.15) is 0 Å². The first-order valence-electron chi connectivity index (χ1n) is 3.47. The van der Waals surface area contributed by atoms with Crippen LogP contribution >= 0.6 is 0 Å². The Morgan fingerprint density at radius 2 is 2.36 bits per heavy atom. The van der Waals surface area contributed by atoms with Crippen molar-refractivity contribution in [1.29, 1.82) is 0 Å². The van der Waals surface area contributed by atoms with Crippen molar-refractivity contribution in [2.75, 3.05) is 0 Å². The van der Waals surface area contributed by atoms with Gasteiger partial charge in [0.05, 0.1) is 0 Å². The highest BCUT2D eigenvalue weighted by molar-refractivity contribution is 5.32. The fourth-order valence-electron chi connectivity index (χ4n) is 1.31. The first-order valence-corrected chi connectivity index (χ1v) is 3.47. The SMILES string of the molecule is OC1NCc2cc(F)ccc21. The molecule has 3 heteroatoms. The third-order valence-corrected chi connectivity index (χ3v) is 1.89. The fourth-order valence-corrected chi connectivity index (χ4v) is 1.31. The van der Waals surface area contributed by atoms with Crippen LogP contribution in [0.15, 0.2) is 18.2 Å². The summed E-state index contributed by atoms with van der Waals surface area (Å²) in [6.07, 6.45) is -0.620. The van der Waals surface area contributed by atoms with Gasteiger partial charge in [-0.05, 0) is 23.3 Å². The van der Waals surface area contributed by atoms with E-state index in [4.69, 9.17) is 0 Å². The summed E-state index contributed by atoms with van der Waals surface area (Å²) in [7, 11) is 0.